The zero-order valence-electron chi connectivity index (χ0n) is 16.9. The maximum atomic E-state index is 6.11. The summed E-state index contributed by atoms with van der Waals surface area (Å²) in [5.41, 5.74) is 1.00. The van der Waals surface area contributed by atoms with E-state index < -0.39 is 0 Å². The van der Waals surface area contributed by atoms with Gasteiger partial charge in [0.1, 0.15) is 22.9 Å². The van der Waals surface area contributed by atoms with Gasteiger partial charge in [0.25, 0.3) is 0 Å². The van der Waals surface area contributed by atoms with Gasteiger partial charge in [-0.1, -0.05) is 0 Å². The van der Waals surface area contributed by atoms with Crippen LogP contribution in [0.15, 0.2) is 30.6 Å². The maximum Gasteiger partial charge on any atom is 0.216 e. The topological polar surface area (TPSA) is 116 Å². The fourth-order valence-corrected chi connectivity index (χ4v) is 2.78. The van der Waals surface area contributed by atoms with Gasteiger partial charge in [-0.05, 0) is 20.8 Å². The molecule has 4 aromatic heterocycles. The third-order valence-corrected chi connectivity index (χ3v) is 4.00. The van der Waals surface area contributed by atoms with Crippen molar-refractivity contribution < 1.29 is 9.47 Å². The monoisotopic (exact) mass is 394 g/mol. The molecule has 29 heavy (non-hydrogen) atoms. The molecule has 10 heteroatoms. The van der Waals surface area contributed by atoms with Crippen LogP contribution >= 0.6 is 0 Å². The summed E-state index contributed by atoms with van der Waals surface area (Å²) in [6, 6.07) is 5.32. The van der Waals surface area contributed by atoms with E-state index in [0.29, 0.717) is 40.4 Å². The zero-order chi connectivity index (χ0) is 20.6. The van der Waals surface area contributed by atoms with Crippen molar-refractivity contribution >= 4 is 22.7 Å². The SMILES string of the molecule is COc1ccnc(-c2cc(Nc3cc(OC(C)(C)C)c4cnn(C)c4n3)n[nH]2)n1. The van der Waals surface area contributed by atoms with Gasteiger partial charge < -0.3 is 14.8 Å². The Morgan fingerprint density at radius 3 is 2.72 bits per heavy atom. The van der Waals surface area contributed by atoms with E-state index in [-0.39, 0.29) is 5.60 Å². The largest absolute Gasteiger partial charge is 0.487 e. The van der Waals surface area contributed by atoms with E-state index in [1.807, 2.05) is 33.9 Å². The zero-order valence-corrected chi connectivity index (χ0v) is 16.9. The minimum absolute atomic E-state index is 0.357. The number of ether oxygens (including phenoxy) is 2. The second-order valence-corrected chi connectivity index (χ2v) is 7.44. The van der Waals surface area contributed by atoms with Crippen molar-refractivity contribution in [1.29, 1.82) is 0 Å². The summed E-state index contributed by atoms with van der Waals surface area (Å²) in [5.74, 6) is 2.82. The molecule has 10 nitrogen and oxygen atoms in total. The number of nitrogens with one attached hydrogen (secondary N) is 2. The molecule has 0 aliphatic heterocycles. The molecule has 4 heterocycles. The van der Waals surface area contributed by atoms with Crippen molar-refractivity contribution in [3.8, 4) is 23.1 Å². The predicted octanol–water partition coefficient (Wildman–Crippen LogP) is 3.08. The van der Waals surface area contributed by atoms with Crippen LogP contribution in [-0.4, -0.2) is 47.6 Å². The highest BCUT2D eigenvalue weighted by molar-refractivity contribution is 5.84. The smallest absolute Gasteiger partial charge is 0.216 e. The number of methoxy groups -OCH3 is 1. The van der Waals surface area contributed by atoms with E-state index in [1.165, 1.54) is 0 Å². The number of H-pyrrole nitrogens is 1. The number of pyridine rings is 1. The standard InChI is InChI=1S/C19H22N8O2/c1-19(2,3)29-13-9-14(23-18-11(13)10-21-27(18)4)22-15-8-12(25-26-15)17-20-7-6-16(24-17)28-5/h6-10H,1-5H3,(H2,22,23,25,26). The number of aryl methyl sites for hydroxylation is 1. The first-order valence-electron chi connectivity index (χ1n) is 9.04. The molecule has 0 bridgehead atoms. The van der Waals surface area contributed by atoms with Crippen molar-refractivity contribution in [2.24, 2.45) is 7.05 Å². The minimum atomic E-state index is -0.357. The van der Waals surface area contributed by atoms with Crippen LogP contribution in [0.2, 0.25) is 0 Å². The van der Waals surface area contributed by atoms with Crippen molar-refractivity contribution in [3.63, 3.8) is 0 Å². The van der Waals surface area contributed by atoms with Crippen LogP contribution in [0, 0.1) is 0 Å². The average molecular weight is 394 g/mol. The lowest BCUT2D eigenvalue weighted by Gasteiger charge is -2.22. The van der Waals surface area contributed by atoms with E-state index in [4.69, 9.17) is 9.47 Å². The molecule has 0 saturated carbocycles. The van der Waals surface area contributed by atoms with Crippen molar-refractivity contribution in [1.82, 2.24) is 34.9 Å². The quantitative estimate of drug-likeness (QED) is 0.530. The molecule has 2 N–H and O–H groups in total. The van der Waals surface area contributed by atoms with Crippen molar-refractivity contribution in [3.05, 3.63) is 30.6 Å². The summed E-state index contributed by atoms with van der Waals surface area (Å²) in [4.78, 5) is 13.2. The van der Waals surface area contributed by atoms with Crippen molar-refractivity contribution in [2.45, 2.75) is 26.4 Å². The number of aromatic amines is 1. The highest BCUT2D eigenvalue weighted by Gasteiger charge is 2.18. The Morgan fingerprint density at radius 2 is 1.97 bits per heavy atom. The molecule has 0 aromatic carbocycles. The number of aromatic nitrogens is 7. The Hall–Kier alpha value is -3.69. The van der Waals surface area contributed by atoms with Gasteiger partial charge in [0.05, 0.1) is 18.7 Å². The molecule has 0 atom stereocenters. The van der Waals surface area contributed by atoms with Gasteiger partial charge >= 0.3 is 0 Å². The number of hydrogen-bond donors (Lipinski definition) is 2. The molecular formula is C19H22N8O2. The molecule has 0 amide bonds. The molecule has 0 aliphatic carbocycles. The Morgan fingerprint density at radius 1 is 1.14 bits per heavy atom. The summed E-state index contributed by atoms with van der Waals surface area (Å²) in [7, 11) is 3.40. The number of nitrogens with zero attached hydrogens (tertiary/aromatic N) is 6. The lowest BCUT2D eigenvalue weighted by atomic mass is 10.2. The second kappa shape index (κ2) is 7.04. The third-order valence-electron chi connectivity index (χ3n) is 4.00. The molecule has 0 aliphatic rings. The molecule has 0 unspecified atom stereocenters. The van der Waals surface area contributed by atoms with Crippen LogP contribution in [-0.2, 0) is 7.05 Å². The van der Waals surface area contributed by atoms with Crippen LogP contribution in [0.5, 0.6) is 11.6 Å². The third kappa shape index (κ3) is 3.96. The van der Waals surface area contributed by atoms with Crippen molar-refractivity contribution in [2.75, 3.05) is 12.4 Å². The first-order chi connectivity index (χ1) is 13.8. The normalized spacial score (nSPS) is 11.6. The summed E-state index contributed by atoms with van der Waals surface area (Å²) in [6.07, 6.45) is 3.38. The summed E-state index contributed by atoms with van der Waals surface area (Å²) in [5, 5.41) is 15.5. The molecule has 0 saturated heterocycles. The van der Waals surface area contributed by atoms with Crippen LogP contribution in [0.25, 0.3) is 22.6 Å². The Bertz CT molecular complexity index is 1160. The van der Waals surface area contributed by atoms with Gasteiger partial charge in [0, 0.05) is 31.4 Å². The maximum absolute atomic E-state index is 6.11. The number of anilines is 2. The van der Waals surface area contributed by atoms with Gasteiger partial charge in [-0.15, -0.1) is 0 Å². The fourth-order valence-electron chi connectivity index (χ4n) is 2.78. The van der Waals surface area contributed by atoms with Gasteiger partial charge in [-0.2, -0.15) is 15.2 Å². The van der Waals surface area contributed by atoms with E-state index >= 15 is 0 Å². The van der Waals surface area contributed by atoms with Crippen LogP contribution < -0.4 is 14.8 Å². The molecule has 0 fully saturated rings. The van der Waals surface area contributed by atoms with E-state index in [9.17, 15) is 0 Å². The summed E-state index contributed by atoms with van der Waals surface area (Å²) < 4.78 is 13.0. The number of hydrogen-bond acceptors (Lipinski definition) is 8. The lowest BCUT2D eigenvalue weighted by Crippen LogP contribution is -2.23. The minimum Gasteiger partial charge on any atom is -0.487 e. The first kappa shape index (κ1) is 18.7. The molecule has 4 rings (SSSR count). The molecule has 4 aromatic rings. The molecule has 0 spiro atoms. The number of fused-ring (bicyclic) bond motifs is 1. The van der Waals surface area contributed by atoms with E-state index in [1.54, 1.807) is 36.3 Å². The van der Waals surface area contributed by atoms with Crippen LogP contribution in [0.4, 0.5) is 11.6 Å². The lowest BCUT2D eigenvalue weighted by molar-refractivity contribution is 0.133. The first-order valence-corrected chi connectivity index (χ1v) is 9.04. The average Bonchev–Trinajstić information content (AvgIpc) is 3.28. The highest BCUT2D eigenvalue weighted by Crippen LogP contribution is 2.31. The summed E-state index contributed by atoms with van der Waals surface area (Å²) >= 11 is 0. The van der Waals surface area contributed by atoms with Gasteiger partial charge in [-0.25, -0.2) is 9.97 Å². The Labute approximate surface area is 167 Å². The van der Waals surface area contributed by atoms with E-state index in [0.717, 1.165) is 5.39 Å². The van der Waals surface area contributed by atoms with Gasteiger partial charge in [-0.3, -0.25) is 9.78 Å². The Kier molecular flexibility index (Phi) is 4.53. The predicted molar refractivity (Wildman–Crippen MR) is 108 cm³/mol. The Balaban J connectivity index is 1.66. The summed E-state index contributed by atoms with van der Waals surface area (Å²) in [6.45, 7) is 5.99. The van der Waals surface area contributed by atoms with Crippen LogP contribution in [0.1, 0.15) is 20.8 Å². The van der Waals surface area contributed by atoms with Gasteiger partial charge in [0.15, 0.2) is 17.3 Å². The fraction of sp³-hybridized carbons (Fsp3) is 0.316. The molecular weight excluding hydrogens is 372 g/mol. The highest BCUT2D eigenvalue weighted by atomic mass is 16.5. The van der Waals surface area contributed by atoms with Gasteiger partial charge in [0.2, 0.25) is 5.88 Å². The second-order valence-electron chi connectivity index (χ2n) is 7.44. The molecule has 150 valence electrons. The van der Waals surface area contributed by atoms with E-state index in [2.05, 4.69) is 35.6 Å². The number of rotatable bonds is 5. The molecule has 0 radical (unpaired) electrons. The van der Waals surface area contributed by atoms with Crippen LogP contribution in [0.3, 0.4) is 0 Å².